The van der Waals surface area contributed by atoms with E-state index in [0.717, 1.165) is 6.42 Å². The summed E-state index contributed by atoms with van der Waals surface area (Å²) in [7, 11) is 0. The number of nitrogens with zero attached hydrogens (tertiary/aromatic N) is 2. The second-order valence-corrected chi connectivity index (χ2v) is 4.70. The molecular formula is C14H18N2O3. The van der Waals surface area contributed by atoms with Crippen molar-refractivity contribution in [2.75, 3.05) is 26.2 Å². The van der Waals surface area contributed by atoms with Crippen molar-refractivity contribution in [3.63, 3.8) is 0 Å². The highest BCUT2D eigenvalue weighted by molar-refractivity contribution is 5.94. The third kappa shape index (κ3) is 3.24. The Morgan fingerprint density at radius 1 is 1.00 bits per heavy atom. The number of phenols is 1. The Morgan fingerprint density at radius 2 is 1.58 bits per heavy atom. The summed E-state index contributed by atoms with van der Waals surface area (Å²) >= 11 is 0. The van der Waals surface area contributed by atoms with Crippen LogP contribution < -0.4 is 0 Å². The first-order valence-electron chi connectivity index (χ1n) is 6.42. The van der Waals surface area contributed by atoms with Crippen LogP contribution in [0.5, 0.6) is 5.75 Å². The van der Waals surface area contributed by atoms with Crippen LogP contribution >= 0.6 is 0 Å². The molecule has 0 saturated carbocycles. The van der Waals surface area contributed by atoms with Crippen LogP contribution in [0.2, 0.25) is 0 Å². The summed E-state index contributed by atoms with van der Waals surface area (Å²) in [5.41, 5.74) is 0.564. The van der Waals surface area contributed by atoms with Gasteiger partial charge in [-0.3, -0.25) is 9.59 Å². The van der Waals surface area contributed by atoms with Gasteiger partial charge in [0.25, 0.3) is 5.91 Å². The number of carbonyl (C=O) groups is 2. The van der Waals surface area contributed by atoms with E-state index in [9.17, 15) is 14.7 Å². The Hall–Kier alpha value is -2.04. The van der Waals surface area contributed by atoms with Crippen LogP contribution in [-0.4, -0.2) is 52.9 Å². The molecule has 1 saturated heterocycles. The van der Waals surface area contributed by atoms with Crippen molar-refractivity contribution in [3.8, 4) is 5.75 Å². The molecular weight excluding hydrogens is 244 g/mol. The maximum absolute atomic E-state index is 12.3. The van der Waals surface area contributed by atoms with Gasteiger partial charge in [-0.1, -0.05) is 0 Å². The van der Waals surface area contributed by atoms with Gasteiger partial charge in [-0.05, 0) is 30.7 Å². The zero-order valence-corrected chi connectivity index (χ0v) is 11.0. The number of hydrogen-bond acceptors (Lipinski definition) is 3. The molecule has 0 aromatic heterocycles. The number of phenolic OH excluding ortho intramolecular Hbond substituents is 1. The lowest BCUT2D eigenvalue weighted by atomic mass is 10.2. The van der Waals surface area contributed by atoms with Crippen LogP contribution in [0, 0.1) is 0 Å². The van der Waals surface area contributed by atoms with Gasteiger partial charge in [-0.25, -0.2) is 0 Å². The van der Waals surface area contributed by atoms with Gasteiger partial charge in [-0.2, -0.15) is 0 Å². The molecule has 0 radical (unpaired) electrons. The zero-order chi connectivity index (χ0) is 13.8. The van der Waals surface area contributed by atoms with E-state index in [1.165, 1.54) is 12.1 Å². The van der Waals surface area contributed by atoms with Crippen LogP contribution in [0.25, 0.3) is 0 Å². The molecule has 1 aliphatic rings. The van der Waals surface area contributed by atoms with E-state index in [1.807, 2.05) is 0 Å². The Bertz CT molecular complexity index is 470. The third-order valence-electron chi connectivity index (χ3n) is 3.34. The van der Waals surface area contributed by atoms with E-state index in [4.69, 9.17) is 0 Å². The first kappa shape index (κ1) is 13.4. The number of carbonyl (C=O) groups excluding carboxylic acids is 2. The molecule has 0 bridgehead atoms. The first-order chi connectivity index (χ1) is 9.08. The molecule has 0 atom stereocenters. The summed E-state index contributed by atoms with van der Waals surface area (Å²) < 4.78 is 0. The third-order valence-corrected chi connectivity index (χ3v) is 3.34. The molecule has 2 amide bonds. The molecule has 102 valence electrons. The zero-order valence-electron chi connectivity index (χ0n) is 11.0. The minimum absolute atomic E-state index is 0.0506. The molecule has 2 rings (SSSR count). The van der Waals surface area contributed by atoms with Crippen molar-refractivity contribution in [2.45, 2.75) is 13.3 Å². The van der Waals surface area contributed by atoms with Crippen LogP contribution in [0.1, 0.15) is 23.7 Å². The van der Waals surface area contributed by atoms with Crippen LogP contribution in [0.3, 0.4) is 0 Å². The second-order valence-electron chi connectivity index (χ2n) is 4.70. The van der Waals surface area contributed by atoms with E-state index in [-0.39, 0.29) is 17.6 Å². The van der Waals surface area contributed by atoms with Gasteiger partial charge < -0.3 is 14.9 Å². The molecule has 0 aliphatic carbocycles. The molecule has 0 unspecified atom stereocenters. The summed E-state index contributed by atoms with van der Waals surface area (Å²) in [6.07, 6.45) is 0.795. The molecule has 1 aliphatic heterocycles. The van der Waals surface area contributed by atoms with E-state index in [0.29, 0.717) is 31.7 Å². The Labute approximate surface area is 112 Å². The Morgan fingerprint density at radius 3 is 2.21 bits per heavy atom. The average Bonchev–Trinajstić information content (AvgIpc) is 2.64. The predicted octanol–water partition coefficient (Wildman–Crippen LogP) is 1.09. The number of aromatic hydroxyl groups is 1. The lowest BCUT2D eigenvalue weighted by molar-refractivity contribution is -0.128. The van der Waals surface area contributed by atoms with Crippen LogP contribution in [0.4, 0.5) is 0 Å². The van der Waals surface area contributed by atoms with Crippen LogP contribution in [-0.2, 0) is 4.79 Å². The topological polar surface area (TPSA) is 60.9 Å². The highest BCUT2D eigenvalue weighted by Crippen LogP contribution is 2.13. The largest absolute Gasteiger partial charge is 0.508 e. The van der Waals surface area contributed by atoms with Crippen molar-refractivity contribution in [2.24, 2.45) is 0 Å². The number of benzene rings is 1. The molecule has 1 heterocycles. The van der Waals surface area contributed by atoms with Crippen molar-refractivity contribution in [3.05, 3.63) is 29.8 Å². The quantitative estimate of drug-likeness (QED) is 0.824. The molecule has 1 aromatic rings. The molecule has 19 heavy (non-hydrogen) atoms. The monoisotopic (exact) mass is 262 g/mol. The average molecular weight is 262 g/mol. The van der Waals surface area contributed by atoms with Gasteiger partial charge in [-0.15, -0.1) is 0 Å². The van der Waals surface area contributed by atoms with Crippen molar-refractivity contribution in [1.82, 2.24) is 9.80 Å². The molecule has 1 aromatic carbocycles. The summed E-state index contributed by atoms with van der Waals surface area (Å²) in [6, 6.07) is 6.25. The van der Waals surface area contributed by atoms with E-state index < -0.39 is 0 Å². The van der Waals surface area contributed by atoms with Gasteiger partial charge in [0, 0.05) is 38.7 Å². The smallest absolute Gasteiger partial charge is 0.253 e. The van der Waals surface area contributed by atoms with E-state index in [1.54, 1.807) is 28.9 Å². The summed E-state index contributed by atoms with van der Waals surface area (Å²) in [4.78, 5) is 27.1. The minimum Gasteiger partial charge on any atom is -0.508 e. The highest BCUT2D eigenvalue weighted by atomic mass is 16.3. The van der Waals surface area contributed by atoms with Crippen molar-refractivity contribution < 1.29 is 14.7 Å². The highest BCUT2D eigenvalue weighted by Gasteiger charge is 2.21. The number of rotatable bonds is 1. The SMILES string of the molecule is CC(=O)N1CCCN(C(=O)c2ccc(O)cc2)CC1. The Kier molecular flexibility index (Phi) is 4.04. The van der Waals surface area contributed by atoms with Gasteiger partial charge in [0.15, 0.2) is 0 Å². The summed E-state index contributed by atoms with van der Waals surface area (Å²) in [5, 5.41) is 9.22. The predicted molar refractivity (Wildman–Crippen MR) is 70.9 cm³/mol. The second kappa shape index (κ2) is 5.73. The maximum Gasteiger partial charge on any atom is 0.253 e. The minimum atomic E-state index is -0.0506. The van der Waals surface area contributed by atoms with Gasteiger partial charge >= 0.3 is 0 Å². The molecule has 5 heteroatoms. The van der Waals surface area contributed by atoms with E-state index in [2.05, 4.69) is 0 Å². The van der Waals surface area contributed by atoms with Crippen molar-refractivity contribution >= 4 is 11.8 Å². The first-order valence-corrected chi connectivity index (χ1v) is 6.42. The maximum atomic E-state index is 12.3. The van der Waals surface area contributed by atoms with E-state index >= 15 is 0 Å². The normalized spacial score (nSPS) is 16.1. The van der Waals surface area contributed by atoms with Crippen molar-refractivity contribution in [1.29, 1.82) is 0 Å². The fourth-order valence-electron chi connectivity index (χ4n) is 2.22. The fraction of sp³-hybridized carbons (Fsp3) is 0.429. The molecule has 1 N–H and O–H groups in total. The number of hydrogen-bond donors (Lipinski definition) is 1. The van der Waals surface area contributed by atoms with Gasteiger partial charge in [0.1, 0.15) is 5.75 Å². The summed E-state index contributed by atoms with van der Waals surface area (Å²) in [6.45, 7) is 4.05. The van der Waals surface area contributed by atoms with Gasteiger partial charge in [0.2, 0.25) is 5.91 Å². The summed E-state index contributed by atoms with van der Waals surface area (Å²) in [5.74, 6) is 0.152. The fourth-order valence-corrected chi connectivity index (χ4v) is 2.22. The molecule has 1 fully saturated rings. The standard InChI is InChI=1S/C14H18N2O3/c1-11(17)15-7-2-8-16(10-9-15)14(19)12-3-5-13(18)6-4-12/h3-6,18H,2,7-10H2,1H3. The molecule has 5 nitrogen and oxygen atoms in total. The van der Waals surface area contributed by atoms with Crippen LogP contribution in [0.15, 0.2) is 24.3 Å². The van der Waals surface area contributed by atoms with Gasteiger partial charge in [0.05, 0.1) is 0 Å². The molecule has 0 spiro atoms. The number of amides is 2. The lowest BCUT2D eigenvalue weighted by Gasteiger charge is -2.21. The Balaban J connectivity index is 2.03. The lowest BCUT2D eigenvalue weighted by Crippen LogP contribution is -2.36.